The number of β-amino-alcohol motifs (C(OH)–C–C–N with tert-alkyl or cyclic N) is 1. The van der Waals surface area contributed by atoms with E-state index >= 15 is 0 Å². The van der Waals surface area contributed by atoms with E-state index < -0.39 is 23.6 Å². The summed E-state index contributed by atoms with van der Waals surface area (Å²) in [5, 5.41) is 13.5. The molecule has 2 aromatic carbocycles. The zero-order chi connectivity index (χ0) is 19.4. The first-order valence-corrected chi connectivity index (χ1v) is 8.98. The number of halogens is 1. The Balaban J connectivity index is 1.58. The van der Waals surface area contributed by atoms with Crippen LogP contribution in [0.15, 0.2) is 54.6 Å². The van der Waals surface area contributed by atoms with E-state index in [-0.39, 0.29) is 19.8 Å². The number of nitrogens with zero attached hydrogens (tertiary/aromatic N) is 1. The fraction of sp³-hybridized carbons (Fsp3) is 0.300. The average molecular weight is 389 g/mol. The largest absolute Gasteiger partial charge is 0.389 e. The van der Waals surface area contributed by atoms with Crippen LogP contribution in [0.5, 0.6) is 0 Å². The molecule has 0 unspecified atom stereocenters. The summed E-state index contributed by atoms with van der Waals surface area (Å²) in [4.78, 5) is 26.1. The van der Waals surface area contributed by atoms with Gasteiger partial charge < -0.3 is 15.2 Å². The molecule has 0 aromatic heterocycles. The number of ether oxygens (including phenoxy) is 1. The third kappa shape index (κ3) is 4.13. The lowest BCUT2D eigenvalue weighted by atomic mass is 9.92. The van der Waals surface area contributed by atoms with Gasteiger partial charge in [0.25, 0.3) is 5.91 Å². The van der Waals surface area contributed by atoms with Crippen molar-refractivity contribution in [2.75, 3.05) is 13.2 Å². The number of hydrogen-bond donors (Lipinski definition) is 2. The van der Waals surface area contributed by atoms with Gasteiger partial charge in [0.05, 0.1) is 25.9 Å². The van der Waals surface area contributed by atoms with Gasteiger partial charge in [-0.1, -0.05) is 60.1 Å². The second-order valence-electron chi connectivity index (χ2n) is 6.60. The number of amides is 3. The summed E-state index contributed by atoms with van der Waals surface area (Å²) < 4.78 is 5.48. The lowest BCUT2D eigenvalue weighted by Gasteiger charge is -2.23. The highest BCUT2D eigenvalue weighted by Crippen LogP contribution is 2.28. The minimum absolute atomic E-state index is 0.0235. The molecule has 1 aliphatic heterocycles. The summed E-state index contributed by atoms with van der Waals surface area (Å²) in [5.41, 5.74) is 0.351. The van der Waals surface area contributed by atoms with Crippen molar-refractivity contribution in [1.29, 1.82) is 0 Å². The van der Waals surface area contributed by atoms with Crippen molar-refractivity contribution < 1.29 is 19.4 Å². The lowest BCUT2D eigenvalue weighted by Crippen LogP contribution is -2.42. The molecule has 3 rings (SSSR count). The minimum atomic E-state index is -1.14. The molecule has 142 valence electrons. The number of urea groups is 1. The molecule has 1 fully saturated rings. The van der Waals surface area contributed by atoms with Crippen LogP contribution in [0, 0.1) is 0 Å². The Morgan fingerprint density at radius 3 is 2.52 bits per heavy atom. The standard InChI is InChI=1S/C20H21ClN2O4/c1-20(15-8-3-2-4-9-15)18(25)23(19(26)22-20)11-16(24)13-27-12-14-7-5-6-10-17(14)21/h2-10,16,24H,11-13H2,1H3,(H,22,26)/t16-,20-/m1/s1. The molecule has 0 bridgehead atoms. The number of benzene rings is 2. The summed E-state index contributed by atoms with van der Waals surface area (Å²) >= 11 is 6.06. The van der Waals surface area contributed by atoms with Crippen LogP contribution in [-0.2, 0) is 21.7 Å². The van der Waals surface area contributed by atoms with Crippen molar-refractivity contribution in [3.8, 4) is 0 Å². The summed E-state index contributed by atoms with van der Waals surface area (Å²) in [7, 11) is 0. The number of imide groups is 1. The predicted octanol–water partition coefficient (Wildman–Crippen LogP) is 2.68. The predicted molar refractivity (Wildman–Crippen MR) is 101 cm³/mol. The van der Waals surface area contributed by atoms with E-state index in [1.54, 1.807) is 37.3 Å². The molecule has 0 radical (unpaired) electrons. The van der Waals surface area contributed by atoms with Gasteiger partial charge in [-0.25, -0.2) is 4.79 Å². The Bertz CT molecular complexity index is 830. The molecule has 1 saturated heterocycles. The van der Waals surface area contributed by atoms with Crippen molar-refractivity contribution in [3.05, 3.63) is 70.7 Å². The van der Waals surface area contributed by atoms with Gasteiger partial charge in [0.1, 0.15) is 5.54 Å². The quantitative estimate of drug-likeness (QED) is 0.715. The molecular weight excluding hydrogens is 368 g/mol. The number of hydrogen-bond acceptors (Lipinski definition) is 4. The zero-order valence-electron chi connectivity index (χ0n) is 14.9. The number of aliphatic hydroxyl groups excluding tert-OH is 1. The van der Waals surface area contributed by atoms with Crippen molar-refractivity contribution >= 4 is 23.5 Å². The number of carbonyl (C=O) groups is 2. The van der Waals surface area contributed by atoms with Crippen molar-refractivity contribution in [1.82, 2.24) is 10.2 Å². The normalized spacial score (nSPS) is 20.6. The molecule has 2 atom stereocenters. The first-order valence-electron chi connectivity index (χ1n) is 8.60. The Morgan fingerprint density at radius 2 is 1.81 bits per heavy atom. The Labute approximate surface area is 162 Å². The molecule has 3 amide bonds. The number of aliphatic hydroxyl groups is 1. The van der Waals surface area contributed by atoms with Gasteiger partial charge in [-0.2, -0.15) is 0 Å². The first kappa shape index (κ1) is 19.4. The monoisotopic (exact) mass is 388 g/mol. The van der Waals surface area contributed by atoms with Crippen LogP contribution in [-0.4, -0.2) is 41.2 Å². The molecular formula is C20H21ClN2O4. The number of nitrogens with one attached hydrogen (secondary N) is 1. The molecule has 1 aliphatic rings. The fourth-order valence-electron chi connectivity index (χ4n) is 3.01. The lowest BCUT2D eigenvalue weighted by molar-refractivity contribution is -0.132. The molecule has 1 heterocycles. The molecule has 7 heteroatoms. The number of rotatable bonds is 7. The van der Waals surface area contributed by atoms with Crippen LogP contribution in [0.2, 0.25) is 5.02 Å². The molecule has 2 aromatic rings. The van der Waals surface area contributed by atoms with E-state index in [9.17, 15) is 14.7 Å². The maximum Gasteiger partial charge on any atom is 0.325 e. The van der Waals surface area contributed by atoms with E-state index in [4.69, 9.17) is 16.3 Å². The highest BCUT2D eigenvalue weighted by Gasteiger charge is 2.49. The molecule has 0 aliphatic carbocycles. The topological polar surface area (TPSA) is 78.9 Å². The maximum atomic E-state index is 12.8. The van der Waals surface area contributed by atoms with Crippen LogP contribution in [0.25, 0.3) is 0 Å². The number of carbonyl (C=O) groups excluding carboxylic acids is 2. The highest BCUT2D eigenvalue weighted by atomic mass is 35.5. The molecule has 2 N–H and O–H groups in total. The summed E-state index contributed by atoms with van der Waals surface area (Å²) in [6.07, 6.45) is -1.000. The Morgan fingerprint density at radius 1 is 1.15 bits per heavy atom. The third-order valence-corrected chi connectivity index (χ3v) is 4.91. The van der Waals surface area contributed by atoms with E-state index in [1.807, 2.05) is 24.3 Å². The maximum absolute atomic E-state index is 12.8. The summed E-state index contributed by atoms with van der Waals surface area (Å²) in [5.74, 6) is -0.399. The molecule has 0 saturated carbocycles. The molecule has 6 nitrogen and oxygen atoms in total. The Hall–Kier alpha value is -2.41. The van der Waals surface area contributed by atoms with Gasteiger partial charge in [0.2, 0.25) is 0 Å². The second-order valence-corrected chi connectivity index (χ2v) is 7.00. The van der Waals surface area contributed by atoms with Crippen LogP contribution in [0.1, 0.15) is 18.1 Å². The Kier molecular flexibility index (Phi) is 5.79. The SMILES string of the molecule is C[C@]1(c2ccccc2)NC(=O)N(C[C@@H](O)COCc2ccccc2Cl)C1=O. The van der Waals surface area contributed by atoms with Crippen LogP contribution in [0.4, 0.5) is 4.79 Å². The van der Waals surface area contributed by atoms with Gasteiger partial charge in [-0.15, -0.1) is 0 Å². The molecule has 0 spiro atoms. The van der Waals surface area contributed by atoms with Gasteiger partial charge in [-0.3, -0.25) is 9.69 Å². The van der Waals surface area contributed by atoms with Crippen LogP contribution < -0.4 is 5.32 Å². The van der Waals surface area contributed by atoms with Gasteiger partial charge in [-0.05, 0) is 24.1 Å². The van der Waals surface area contributed by atoms with E-state index in [0.29, 0.717) is 10.6 Å². The smallest absolute Gasteiger partial charge is 0.325 e. The van der Waals surface area contributed by atoms with E-state index in [2.05, 4.69) is 5.32 Å². The van der Waals surface area contributed by atoms with Crippen molar-refractivity contribution in [2.24, 2.45) is 0 Å². The van der Waals surface area contributed by atoms with Crippen molar-refractivity contribution in [3.63, 3.8) is 0 Å². The van der Waals surface area contributed by atoms with Gasteiger partial charge >= 0.3 is 6.03 Å². The van der Waals surface area contributed by atoms with Crippen LogP contribution >= 0.6 is 11.6 Å². The van der Waals surface area contributed by atoms with Gasteiger partial charge in [0, 0.05) is 5.02 Å². The highest BCUT2D eigenvalue weighted by molar-refractivity contribution is 6.31. The van der Waals surface area contributed by atoms with Crippen LogP contribution in [0.3, 0.4) is 0 Å². The molecule has 27 heavy (non-hydrogen) atoms. The zero-order valence-corrected chi connectivity index (χ0v) is 15.6. The summed E-state index contributed by atoms with van der Waals surface area (Å²) in [6.45, 7) is 1.72. The third-order valence-electron chi connectivity index (χ3n) is 4.55. The second kappa shape index (κ2) is 8.08. The van der Waals surface area contributed by atoms with Gasteiger partial charge in [0.15, 0.2) is 0 Å². The fourth-order valence-corrected chi connectivity index (χ4v) is 3.20. The van der Waals surface area contributed by atoms with E-state index in [0.717, 1.165) is 10.5 Å². The minimum Gasteiger partial charge on any atom is -0.389 e. The van der Waals surface area contributed by atoms with E-state index in [1.165, 1.54) is 0 Å². The first-order chi connectivity index (χ1) is 12.9. The summed E-state index contributed by atoms with van der Waals surface area (Å²) in [6, 6.07) is 15.7. The van der Waals surface area contributed by atoms with Crippen molar-refractivity contribution in [2.45, 2.75) is 25.2 Å². The average Bonchev–Trinajstić information content (AvgIpc) is 2.88.